The van der Waals surface area contributed by atoms with Crippen molar-refractivity contribution in [3.8, 4) is 0 Å². The fraction of sp³-hybridized carbons (Fsp3) is 0.312. The molecule has 1 aliphatic carbocycles. The molecule has 96 valence electrons. The number of methoxy groups -OCH3 is 1. The molecule has 0 heterocycles. The van der Waals surface area contributed by atoms with Gasteiger partial charge in [0.15, 0.2) is 0 Å². The van der Waals surface area contributed by atoms with Crippen molar-refractivity contribution < 1.29 is 9.53 Å². The first kappa shape index (κ1) is 14.2. The second kappa shape index (κ2) is 7.49. The molecule has 0 aliphatic heterocycles. The van der Waals surface area contributed by atoms with Crippen LogP contribution in [0.4, 0.5) is 0 Å². The zero-order chi connectivity index (χ0) is 13.4. The van der Waals surface area contributed by atoms with Crippen molar-refractivity contribution >= 4 is 5.97 Å². The van der Waals surface area contributed by atoms with Crippen LogP contribution >= 0.6 is 0 Å². The molecule has 0 fully saturated rings. The molecule has 0 aromatic carbocycles. The van der Waals surface area contributed by atoms with Gasteiger partial charge in [0.25, 0.3) is 0 Å². The summed E-state index contributed by atoms with van der Waals surface area (Å²) in [5.74, 6) is 0.152. The molecule has 0 aromatic heterocycles. The predicted octanol–water partition coefficient (Wildman–Crippen LogP) is 3.74. The highest BCUT2D eigenvalue weighted by molar-refractivity contribution is 5.90. The highest BCUT2D eigenvalue weighted by atomic mass is 16.5. The van der Waals surface area contributed by atoms with Crippen molar-refractivity contribution in [2.45, 2.75) is 19.8 Å². The molecule has 2 nitrogen and oxygen atoms in total. The molecule has 0 aromatic rings. The average Bonchev–Trinajstić information content (AvgIpc) is 2.43. The highest BCUT2D eigenvalue weighted by Gasteiger charge is 2.07. The van der Waals surface area contributed by atoms with Gasteiger partial charge in [-0.2, -0.15) is 0 Å². The standard InChI is InChI=1S/C16H20O2/c1-4-14(11-10-13(2)16(17)18-3)12-15-8-6-5-7-9-15/h4-8,10-11,15H,2,9,12H2,1,3H3/b11-10-,14-4+. The number of rotatable bonds is 5. The summed E-state index contributed by atoms with van der Waals surface area (Å²) in [6.07, 6.45) is 16.3. The summed E-state index contributed by atoms with van der Waals surface area (Å²) in [4.78, 5) is 11.2. The van der Waals surface area contributed by atoms with Crippen molar-refractivity contribution in [1.82, 2.24) is 0 Å². The lowest BCUT2D eigenvalue weighted by Crippen LogP contribution is -2.01. The second-order valence-electron chi connectivity index (χ2n) is 4.23. The largest absolute Gasteiger partial charge is 0.465 e. The SMILES string of the molecule is C=C(/C=C\C(=C/C)CC1C=CC=CC1)C(=O)OC. The molecule has 0 amide bonds. The lowest BCUT2D eigenvalue weighted by molar-refractivity contribution is -0.135. The molecule has 1 unspecified atom stereocenters. The molecular weight excluding hydrogens is 224 g/mol. The molecule has 0 bridgehead atoms. The monoisotopic (exact) mass is 244 g/mol. The Bertz CT molecular complexity index is 422. The lowest BCUT2D eigenvalue weighted by atomic mass is 9.92. The Morgan fingerprint density at radius 3 is 2.78 bits per heavy atom. The number of ether oxygens (including phenoxy) is 1. The van der Waals surface area contributed by atoms with Crippen LogP contribution in [0.3, 0.4) is 0 Å². The van der Waals surface area contributed by atoms with Gasteiger partial charge in [-0.15, -0.1) is 0 Å². The molecule has 18 heavy (non-hydrogen) atoms. The lowest BCUT2D eigenvalue weighted by Gasteiger charge is -2.13. The first-order chi connectivity index (χ1) is 8.67. The van der Waals surface area contributed by atoms with E-state index in [2.05, 4.69) is 41.7 Å². The van der Waals surface area contributed by atoms with E-state index in [4.69, 9.17) is 0 Å². The highest BCUT2D eigenvalue weighted by Crippen LogP contribution is 2.21. The Morgan fingerprint density at radius 1 is 1.44 bits per heavy atom. The van der Waals surface area contributed by atoms with Crippen LogP contribution in [0.1, 0.15) is 19.8 Å². The maximum absolute atomic E-state index is 11.2. The Balaban J connectivity index is 2.55. The fourth-order valence-corrected chi connectivity index (χ4v) is 1.77. The third kappa shape index (κ3) is 4.58. The summed E-state index contributed by atoms with van der Waals surface area (Å²) in [6.45, 7) is 5.67. The number of hydrogen-bond donors (Lipinski definition) is 0. The number of hydrogen-bond acceptors (Lipinski definition) is 2. The second-order valence-corrected chi connectivity index (χ2v) is 4.23. The van der Waals surface area contributed by atoms with Gasteiger partial charge >= 0.3 is 5.97 Å². The van der Waals surface area contributed by atoms with E-state index in [1.54, 1.807) is 6.08 Å². The van der Waals surface area contributed by atoms with Crippen LogP contribution in [0.25, 0.3) is 0 Å². The minimum absolute atomic E-state index is 0.371. The summed E-state index contributed by atoms with van der Waals surface area (Å²) in [5, 5.41) is 0. The minimum Gasteiger partial charge on any atom is -0.465 e. The van der Waals surface area contributed by atoms with E-state index in [9.17, 15) is 4.79 Å². The maximum Gasteiger partial charge on any atom is 0.337 e. The van der Waals surface area contributed by atoms with Gasteiger partial charge in [-0.25, -0.2) is 4.79 Å². The summed E-state index contributed by atoms with van der Waals surface area (Å²) >= 11 is 0. The average molecular weight is 244 g/mol. The predicted molar refractivity (Wildman–Crippen MR) is 75.1 cm³/mol. The van der Waals surface area contributed by atoms with Crippen LogP contribution in [0, 0.1) is 5.92 Å². The Labute approximate surface area is 109 Å². The van der Waals surface area contributed by atoms with Crippen molar-refractivity contribution in [3.05, 3.63) is 60.3 Å². The summed E-state index contributed by atoms with van der Waals surface area (Å²) in [7, 11) is 1.36. The number of carbonyl (C=O) groups excluding carboxylic acids is 1. The van der Waals surface area contributed by atoms with Crippen molar-refractivity contribution in [1.29, 1.82) is 0 Å². The van der Waals surface area contributed by atoms with Crippen molar-refractivity contribution in [3.63, 3.8) is 0 Å². The first-order valence-corrected chi connectivity index (χ1v) is 6.11. The Kier molecular flexibility index (Phi) is 5.92. The van der Waals surface area contributed by atoms with Crippen LogP contribution in [0.15, 0.2) is 60.3 Å². The number of carbonyl (C=O) groups is 1. The van der Waals surface area contributed by atoms with E-state index in [1.807, 2.05) is 13.0 Å². The Morgan fingerprint density at radius 2 is 2.22 bits per heavy atom. The summed E-state index contributed by atoms with van der Waals surface area (Å²) < 4.78 is 4.60. The van der Waals surface area contributed by atoms with Gasteiger partial charge in [-0.3, -0.25) is 0 Å². The zero-order valence-corrected chi connectivity index (χ0v) is 11.1. The molecule has 1 rings (SSSR count). The smallest absolute Gasteiger partial charge is 0.337 e. The molecule has 0 saturated carbocycles. The van der Waals surface area contributed by atoms with E-state index >= 15 is 0 Å². The minimum atomic E-state index is -0.387. The molecule has 0 spiro atoms. The van der Waals surface area contributed by atoms with Crippen LogP contribution in [-0.4, -0.2) is 13.1 Å². The quantitative estimate of drug-likeness (QED) is 0.418. The zero-order valence-electron chi connectivity index (χ0n) is 11.1. The normalized spacial score (nSPS) is 19.2. The molecule has 0 radical (unpaired) electrons. The number of allylic oxidation sites excluding steroid dienone is 7. The summed E-state index contributed by atoms with van der Waals surface area (Å²) in [5.41, 5.74) is 1.57. The van der Waals surface area contributed by atoms with Gasteiger partial charge in [0.2, 0.25) is 0 Å². The van der Waals surface area contributed by atoms with Gasteiger partial charge < -0.3 is 4.74 Å². The topological polar surface area (TPSA) is 26.3 Å². The molecule has 1 atom stereocenters. The first-order valence-electron chi connectivity index (χ1n) is 6.11. The van der Waals surface area contributed by atoms with Crippen molar-refractivity contribution in [2.75, 3.05) is 7.11 Å². The van der Waals surface area contributed by atoms with E-state index in [0.717, 1.165) is 12.8 Å². The third-order valence-corrected chi connectivity index (χ3v) is 2.88. The third-order valence-electron chi connectivity index (χ3n) is 2.88. The van der Waals surface area contributed by atoms with Gasteiger partial charge in [0.05, 0.1) is 12.7 Å². The number of esters is 1. The molecule has 0 saturated heterocycles. The maximum atomic E-state index is 11.2. The van der Waals surface area contributed by atoms with Gasteiger partial charge in [-0.1, -0.05) is 48.6 Å². The summed E-state index contributed by atoms with van der Waals surface area (Å²) in [6, 6.07) is 0. The Hall–Kier alpha value is -1.83. The van der Waals surface area contributed by atoms with Gasteiger partial charge in [-0.05, 0) is 31.8 Å². The van der Waals surface area contributed by atoms with Crippen LogP contribution in [0.5, 0.6) is 0 Å². The molecule has 2 heteroatoms. The molecule has 1 aliphatic rings. The van der Waals surface area contributed by atoms with Crippen LogP contribution < -0.4 is 0 Å². The van der Waals surface area contributed by atoms with E-state index in [-0.39, 0.29) is 5.97 Å². The molecule has 0 N–H and O–H groups in total. The van der Waals surface area contributed by atoms with Crippen LogP contribution in [0.2, 0.25) is 0 Å². The fourth-order valence-electron chi connectivity index (χ4n) is 1.77. The van der Waals surface area contributed by atoms with E-state index in [1.165, 1.54) is 12.7 Å². The van der Waals surface area contributed by atoms with Crippen molar-refractivity contribution in [2.24, 2.45) is 5.92 Å². The van der Waals surface area contributed by atoms with Gasteiger partial charge in [0.1, 0.15) is 0 Å². The van der Waals surface area contributed by atoms with Crippen LogP contribution in [-0.2, 0) is 9.53 Å². The van der Waals surface area contributed by atoms with E-state index < -0.39 is 0 Å². The van der Waals surface area contributed by atoms with Gasteiger partial charge in [0, 0.05) is 0 Å². The van der Waals surface area contributed by atoms with E-state index in [0.29, 0.717) is 11.5 Å². The molecular formula is C16H20O2.